The summed E-state index contributed by atoms with van der Waals surface area (Å²) in [5.74, 6) is 0.673. The molecular formula is C27H32N4O3. The van der Waals surface area contributed by atoms with Crippen molar-refractivity contribution >= 4 is 11.8 Å². The normalized spacial score (nSPS) is 17.9. The van der Waals surface area contributed by atoms with Crippen molar-refractivity contribution in [2.75, 3.05) is 20.1 Å². The average molecular weight is 461 g/mol. The molecule has 0 radical (unpaired) electrons. The third-order valence-electron chi connectivity index (χ3n) is 6.35. The van der Waals surface area contributed by atoms with Crippen LogP contribution in [0.1, 0.15) is 34.5 Å². The van der Waals surface area contributed by atoms with E-state index in [1.807, 2.05) is 86.6 Å². The summed E-state index contributed by atoms with van der Waals surface area (Å²) in [5.41, 5.74) is 2.41. The predicted molar refractivity (Wildman–Crippen MR) is 130 cm³/mol. The second kappa shape index (κ2) is 10.5. The number of ether oxygens (including phenoxy) is 1. The van der Waals surface area contributed by atoms with Crippen LogP contribution >= 0.6 is 0 Å². The number of amides is 2. The molecule has 1 fully saturated rings. The molecular weight excluding hydrogens is 428 g/mol. The lowest BCUT2D eigenvalue weighted by atomic mass is 9.90. The smallest absolute Gasteiger partial charge is 0.257 e. The fraction of sp³-hybridized carbons (Fsp3) is 0.370. The zero-order valence-corrected chi connectivity index (χ0v) is 20.1. The SMILES string of the molecule is Cc1nn(C)cc1C(=O)N1CC[C@H](Oc2ccccc2)[C@@H](CC(=O)N(C)Cc2ccccc2)C1. The highest BCUT2D eigenvalue weighted by atomic mass is 16.5. The van der Waals surface area contributed by atoms with Crippen LogP contribution in [0.3, 0.4) is 0 Å². The number of rotatable bonds is 7. The molecule has 0 aliphatic carbocycles. The third kappa shape index (κ3) is 5.65. The van der Waals surface area contributed by atoms with Gasteiger partial charge in [0.25, 0.3) is 5.91 Å². The van der Waals surface area contributed by atoms with Gasteiger partial charge in [0.1, 0.15) is 11.9 Å². The number of hydrogen-bond acceptors (Lipinski definition) is 4. The van der Waals surface area contributed by atoms with Crippen LogP contribution in [0.25, 0.3) is 0 Å². The molecule has 7 nitrogen and oxygen atoms in total. The van der Waals surface area contributed by atoms with Crippen LogP contribution in [-0.4, -0.2) is 57.6 Å². The molecule has 178 valence electrons. The molecule has 1 saturated heterocycles. The van der Waals surface area contributed by atoms with E-state index in [4.69, 9.17) is 4.74 Å². The summed E-state index contributed by atoms with van der Waals surface area (Å²) in [4.78, 5) is 30.0. The number of likely N-dealkylation sites (tertiary alicyclic amines) is 1. The number of piperidine rings is 1. The van der Waals surface area contributed by atoms with Gasteiger partial charge in [-0.2, -0.15) is 5.10 Å². The Labute approximate surface area is 200 Å². The molecule has 0 spiro atoms. The number of hydrogen-bond donors (Lipinski definition) is 0. The van der Waals surface area contributed by atoms with E-state index < -0.39 is 0 Å². The molecule has 1 aliphatic heterocycles. The van der Waals surface area contributed by atoms with Crippen molar-refractivity contribution in [3.63, 3.8) is 0 Å². The lowest BCUT2D eigenvalue weighted by Gasteiger charge is -2.38. The van der Waals surface area contributed by atoms with Gasteiger partial charge in [0.05, 0.1) is 11.3 Å². The van der Waals surface area contributed by atoms with Gasteiger partial charge in [0.2, 0.25) is 5.91 Å². The first-order chi connectivity index (χ1) is 16.4. The monoisotopic (exact) mass is 460 g/mol. The molecule has 0 bridgehead atoms. The molecule has 4 rings (SSSR count). The number of benzene rings is 2. The standard InChI is InChI=1S/C27H32N4O3/c1-20-24(19-30(3)28-20)27(33)31-15-14-25(34-23-12-8-5-9-13-23)22(18-31)16-26(32)29(2)17-21-10-6-4-7-11-21/h4-13,19,22,25H,14-18H2,1-3H3/t22-,25-/m0/s1. The number of aromatic nitrogens is 2. The van der Waals surface area contributed by atoms with E-state index in [0.29, 0.717) is 43.7 Å². The molecule has 1 aliphatic rings. The van der Waals surface area contributed by atoms with Crippen LogP contribution in [0.15, 0.2) is 66.9 Å². The molecule has 0 saturated carbocycles. The zero-order chi connectivity index (χ0) is 24.1. The van der Waals surface area contributed by atoms with E-state index in [1.165, 1.54) is 0 Å². The molecule has 0 unspecified atom stereocenters. The molecule has 2 aromatic carbocycles. The van der Waals surface area contributed by atoms with Crippen molar-refractivity contribution in [3.8, 4) is 5.75 Å². The van der Waals surface area contributed by atoms with E-state index >= 15 is 0 Å². The fourth-order valence-electron chi connectivity index (χ4n) is 4.53. The van der Waals surface area contributed by atoms with Gasteiger partial charge in [-0.05, 0) is 24.6 Å². The van der Waals surface area contributed by atoms with Gasteiger partial charge in [-0.15, -0.1) is 0 Å². The third-order valence-corrected chi connectivity index (χ3v) is 6.35. The molecule has 2 heterocycles. The first-order valence-electron chi connectivity index (χ1n) is 11.7. The Kier molecular flexibility index (Phi) is 7.30. The molecule has 7 heteroatoms. The Morgan fingerprint density at radius 1 is 1.09 bits per heavy atom. The highest BCUT2D eigenvalue weighted by molar-refractivity contribution is 5.95. The number of para-hydroxylation sites is 1. The van der Waals surface area contributed by atoms with Crippen molar-refractivity contribution in [2.45, 2.75) is 32.4 Å². The number of carbonyl (C=O) groups is 2. The van der Waals surface area contributed by atoms with Gasteiger partial charge in [0, 0.05) is 58.7 Å². The van der Waals surface area contributed by atoms with E-state index in [1.54, 1.807) is 15.8 Å². The lowest BCUT2D eigenvalue weighted by Crippen LogP contribution is -2.49. The van der Waals surface area contributed by atoms with Crippen molar-refractivity contribution < 1.29 is 14.3 Å². The largest absolute Gasteiger partial charge is 0.490 e. The second-order valence-corrected chi connectivity index (χ2v) is 9.01. The Morgan fingerprint density at radius 2 is 1.76 bits per heavy atom. The maximum absolute atomic E-state index is 13.2. The summed E-state index contributed by atoms with van der Waals surface area (Å²) in [5, 5.41) is 4.31. The number of aryl methyl sites for hydroxylation is 2. The van der Waals surface area contributed by atoms with E-state index in [-0.39, 0.29) is 23.8 Å². The minimum absolute atomic E-state index is 0.0427. The summed E-state index contributed by atoms with van der Waals surface area (Å²) >= 11 is 0. The van der Waals surface area contributed by atoms with Crippen LogP contribution < -0.4 is 4.74 Å². The molecule has 34 heavy (non-hydrogen) atoms. The van der Waals surface area contributed by atoms with E-state index in [0.717, 1.165) is 11.3 Å². The summed E-state index contributed by atoms with van der Waals surface area (Å²) < 4.78 is 7.96. The average Bonchev–Trinajstić information content (AvgIpc) is 3.18. The van der Waals surface area contributed by atoms with Gasteiger partial charge < -0.3 is 14.5 Å². The topological polar surface area (TPSA) is 67.7 Å². The van der Waals surface area contributed by atoms with Crippen molar-refractivity contribution in [1.82, 2.24) is 19.6 Å². The Bertz CT molecular complexity index is 1110. The van der Waals surface area contributed by atoms with Gasteiger partial charge in [-0.1, -0.05) is 48.5 Å². The molecule has 2 atom stereocenters. The van der Waals surface area contributed by atoms with Gasteiger partial charge in [-0.25, -0.2) is 0 Å². The quantitative estimate of drug-likeness (QED) is 0.539. The van der Waals surface area contributed by atoms with E-state index in [2.05, 4.69) is 5.10 Å². The van der Waals surface area contributed by atoms with Gasteiger partial charge in [0.15, 0.2) is 0 Å². The maximum atomic E-state index is 13.2. The maximum Gasteiger partial charge on any atom is 0.257 e. The minimum atomic E-state index is -0.143. The number of carbonyl (C=O) groups excluding carboxylic acids is 2. The highest BCUT2D eigenvalue weighted by Gasteiger charge is 2.36. The van der Waals surface area contributed by atoms with Crippen LogP contribution in [0.4, 0.5) is 0 Å². The Morgan fingerprint density at radius 3 is 2.41 bits per heavy atom. The Balaban J connectivity index is 1.48. The van der Waals surface area contributed by atoms with Crippen molar-refractivity contribution in [3.05, 3.63) is 83.7 Å². The minimum Gasteiger partial charge on any atom is -0.490 e. The van der Waals surface area contributed by atoms with Crippen LogP contribution in [-0.2, 0) is 18.4 Å². The summed E-state index contributed by atoms with van der Waals surface area (Å²) in [7, 11) is 3.64. The fourth-order valence-corrected chi connectivity index (χ4v) is 4.53. The molecule has 3 aromatic rings. The van der Waals surface area contributed by atoms with Crippen molar-refractivity contribution in [2.24, 2.45) is 13.0 Å². The number of nitrogens with zero attached hydrogens (tertiary/aromatic N) is 4. The van der Waals surface area contributed by atoms with Crippen LogP contribution in [0, 0.1) is 12.8 Å². The van der Waals surface area contributed by atoms with E-state index in [9.17, 15) is 9.59 Å². The molecule has 1 aromatic heterocycles. The predicted octanol–water partition coefficient (Wildman–Crippen LogP) is 3.69. The first-order valence-corrected chi connectivity index (χ1v) is 11.7. The summed E-state index contributed by atoms with van der Waals surface area (Å²) in [6, 6.07) is 19.6. The zero-order valence-electron chi connectivity index (χ0n) is 20.1. The van der Waals surface area contributed by atoms with Gasteiger partial charge >= 0.3 is 0 Å². The van der Waals surface area contributed by atoms with Crippen LogP contribution in [0.2, 0.25) is 0 Å². The lowest BCUT2D eigenvalue weighted by molar-refractivity contribution is -0.132. The van der Waals surface area contributed by atoms with Crippen LogP contribution in [0.5, 0.6) is 5.75 Å². The molecule has 0 N–H and O–H groups in total. The highest BCUT2D eigenvalue weighted by Crippen LogP contribution is 2.27. The Hall–Kier alpha value is -3.61. The van der Waals surface area contributed by atoms with Gasteiger partial charge in [-0.3, -0.25) is 14.3 Å². The second-order valence-electron chi connectivity index (χ2n) is 9.01. The summed E-state index contributed by atoms with van der Waals surface area (Å²) in [6.45, 7) is 3.44. The van der Waals surface area contributed by atoms with Crippen molar-refractivity contribution in [1.29, 1.82) is 0 Å². The summed E-state index contributed by atoms with van der Waals surface area (Å²) in [6.07, 6.45) is 2.60. The first kappa shape index (κ1) is 23.5. The molecule has 2 amide bonds.